The van der Waals surface area contributed by atoms with Crippen LogP contribution in [0, 0.1) is 11.3 Å². The summed E-state index contributed by atoms with van der Waals surface area (Å²) in [6.45, 7) is 2.73. The van der Waals surface area contributed by atoms with E-state index in [2.05, 4.69) is 12.2 Å². The van der Waals surface area contributed by atoms with Crippen LogP contribution < -0.4 is 10.1 Å². The minimum Gasteiger partial charge on any atom is -0.493 e. The number of unbranched alkanes of at least 4 members (excludes halogenated alkanes) is 3. The van der Waals surface area contributed by atoms with Crippen LogP contribution in [-0.4, -0.2) is 23.6 Å². The van der Waals surface area contributed by atoms with Gasteiger partial charge in [0.05, 0.1) is 12.2 Å². The molecule has 0 bridgehead atoms. The third-order valence-corrected chi connectivity index (χ3v) is 4.23. The summed E-state index contributed by atoms with van der Waals surface area (Å²) in [5.74, 6) is -1.00. The van der Waals surface area contributed by atoms with Gasteiger partial charge in [0, 0.05) is 11.3 Å². The Bertz CT molecular complexity index is 911. The van der Waals surface area contributed by atoms with E-state index in [0.717, 1.165) is 25.7 Å². The summed E-state index contributed by atoms with van der Waals surface area (Å²) in [5.41, 5.74) is 1.09. The van der Waals surface area contributed by atoms with Crippen LogP contribution >= 0.6 is 0 Å². The predicted octanol–water partition coefficient (Wildman–Crippen LogP) is 4.89. The Morgan fingerprint density at radius 3 is 2.48 bits per heavy atom. The second kappa shape index (κ2) is 11.3. The molecular weight excluding hydrogens is 368 g/mol. The number of hydrogen-bond acceptors (Lipinski definition) is 4. The summed E-state index contributed by atoms with van der Waals surface area (Å²) < 4.78 is 5.82. The lowest BCUT2D eigenvalue weighted by Crippen LogP contribution is -2.13. The maximum Gasteiger partial charge on any atom is 0.335 e. The van der Waals surface area contributed by atoms with Crippen LogP contribution in [0.3, 0.4) is 0 Å². The number of anilines is 1. The largest absolute Gasteiger partial charge is 0.493 e. The van der Waals surface area contributed by atoms with Crippen LogP contribution in [0.15, 0.2) is 54.1 Å². The lowest BCUT2D eigenvalue weighted by molar-refractivity contribution is -0.112. The first-order chi connectivity index (χ1) is 14.0. The van der Waals surface area contributed by atoms with E-state index in [-0.39, 0.29) is 11.1 Å². The number of hydrogen-bond donors (Lipinski definition) is 2. The molecule has 150 valence electrons. The predicted molar refractivity (Wildman–Crippen MR) is 112 cm³/mol. The molecule has 0 atom stereocenters. The summed E-state index contributed by atoms with van der Waals surface area (Å²) >= 11 is 0. The fourth-order valence-corrected chi connectivity index (χ4v) is 2.64. The van der Waals surface area contributed by atoms with Gasteiger partial charge in [0.15, 0.2) is 0 Å². The van der Waals surface area contributed by atoms with E-state index >= 15 is 0 Å². The molecule has 1 amide bonds. The molecule has 0 aliphatic carbocycles. The summed E-state index contributed by atoms with van der Waals surface area (Å²) in [5, 5.41) is 20.9. The van der Waals surface area contributed by atoms with Crippen molar-refractivity contribution in [3.8, 4) is 11.8 Å². The maximum atomic E-state index is 12.5. The molecule has 0 saturated carbocycles. The molecule has 2 aromatic rings. The van der Waals surface area contributed by atoms with Crippen molar-refractivity contribution in [3.05, 3.63) is 65.2 Å². The van der Waals surface area contributed by atoms with Crippen molar-refractivity contribution in [1.82, 2.24) is 0 Å². The Labute approximate surface area is 170 Å². The van der Waals surface area contributed by atoms with Crippen LogP contribution in [-0.2, 0) is 4.79 Å². The van der Waals surface area contributed by atoms with Crippen LogP contribution in [0.1, 0.15) is 48.5 Å². The van der Waals surface area contributed by atoms with Gasteiger partial charge in [0.2, 0.25) is 0 Å². The van der Waals surface area contributed by atoms with E-state index in [0.29, 0.717) is 23.6 Å². The summed E-state index contributed by atoms with van der Waals surface area (Å²) in [6, 6.07) is 14.9. The molecule has 6 nitrogen and oxygen atoms in total. The van der Waals surface area contributed by atoms with E-state index in [1.807, 2.05) is 24.3 Å². The number of nitriles is 1. The van der Waals surface area contributed by atoms with E-state index in [9.17, 15) is 14.9 Å². The number of carboxylic acids is 1. The molecular formula is C23H24N2O4. The molecule has 29 heavy (non-hydrogen) atoms. The molecule has 2 N–H and O–H groups in total. The van der Waals surface area contributed by atoms with Crippen molar-refractivity contribution in [3.63, 3.8) is 0 Å². The number of amides is 1. The summed E-state index contributed by atoms with van der Waals surface area (Å²) in [6.07, 6.45) is 5.85. The zero-order valence-electron chi connectivity index (χ0n) is 16.4. The molecule has 0 saturated heterocycles. The zero-order chi connectivity index (χ0) is 21.1. The summed E-state index contributed by atoms with van der Waals surface area (Å²) in [4.78, 5) is 23.4. The Hall–Kier alpha value is -3.59. The van der Waals surface area contributed by atoms with E-state index in [1.54, 1.807) is 6.07 Å². The van der Waals surface area contributed by atoms with E-state index < -0.39 is 11.9 Å². The lowest BCUT2D eigenvalue weighted by atomic mass is 10.1. The van der Waals surface area contributed by atoms with Crippen molar-refractivity contribution in [2.75, 3.05) is 11.9 Å². The van der Waals surface area contributed by atoms with Gasteiger partial charge in [-0.15, -0.1) is 0 Å². The number of para-hydroxylation sites is 1. The summed E-state index contributed by atoms with van der Waals surface area (Å²) in [7, 11) is 0. The molecule has 2 rings (SSSR count). The Morgan fingerprint density at radius 2 is 1.83 bits per heavy atom. The number of carbonyl (C=O) groups excluding carboxylic acids is 1. The molecule has 6 heteroatoms. The molecule has 0 heterocycles. The Morgan fingerprint density at radius 1 is 1.10 bits per heavy atom. The molecule has 0 fully saturated rings. The number of carboxylic acid groups (broad SMARTS) is 1. The van der Waals surface area contributed by atoms with Gasteiger partial charge in [-0.25, -0.2) is 4.79 Å². The zero-order valence-corrected chi connectivity index (χ0v) is 16.4. The first-order valence-corrected chi connectivity index (χ1v) is 9.53. The average Bonchev–Trinajstić information content (AvgIpc) is 2.73. The van der Waals surface area contributed by atoms with Gasteiger partial charge in [-0.3, -0.25) is 4.79 Å². The highest BCUT2D eigenvalue weighted by Gasteiger charge is 2.12. The number of rotatable bonds is 10. The molecule has 2 aromatic carbocycles. The molecule has 0 aliphatic rings. The molecule has 0 radical (unpaired) electrons. The van der Waals surface area contributed by atoms with Gasteiger partial charge in [-0.05, 0) is 42.8 Å². The highest BCUT2D eigenvalue weighted by atomic mass is 16.5. The Kier molecular flexibility index (Phi) is 8.46. The number of nitrogens with one attached hydrogen (secondary N) is 1. The van der Waals surface area contributed by atoms with Crippen LogP contribution in [0.25, 0.3) is 6.08 Å². The van der Waals surface area contributed by atoms with Gasteiger partial charge < -0.3 is 15.2 Å². The standard InChI is InChI=1S/C23H24N2O4/c1-2-3-4-7-14-29-21-9-6-5-8-18(21)15-19(16-24)22(26)25-20-12-10-17(11-13-20)23(27)28/h5-6,8-13,15H,2-4,7,14H2,1H3,(H,25,26)(H,27,28)/b19-15+. The highest BCUT2D eigenvalue weighted by molar-refractivity contribution is 6.10. The fourth-order valence-electron chi connectivity index (χ4n) is 2.64. The molecule has 0 aliphatic heterocycles. The van der Waals surface area contributed by atoms with Crippen molar-refractivity contribution < 1.29 is 19.4 Å². The minimum atomic E-state index is -1.05. The van der Waals surface area contributed by atoms with Gasteiger partial charge in [0.25, 0.3) is 5.91 Å². The van der Waals surface area contributed by atoms with Crippen LogP contribution in [0.4, 0.5) is 5.69 Å². The van der Waals surface area contributed by atoms with E-state index in [1.165, 1.54) is 30.3 Å². The van der Waals surface area contributed by atoms with Crippen molar-refractivity contribution >= 4 is 23.6 Å². The average molecular weight is 392 g/mol. The van der Waals surface area contributed by atoms with Crippen molar-refractivity contribution in [1.29, 1.82) is 5.26 Å². The third-order valence-electron chi connectivity index (χ3n) is 4.23. The number of ether oxygens (including phenoxy) is 1. The monoisotopic (exact) mass is 392 g/mol. The normalized spacial score (nSPS) is 10.8. The molecule has 0 spiro atoms. The second-order valence-electron chi connectivity index (χ2n) is 6.45. The first-order valence-electron chi connectivity index (χ1n) is 9.53. The molecule has 0 aromatic heterocycles. The van der Waals surface area contributed by atoms with Crippen molar-refractivity contribution in [2.45, 2.75) is 32.6 Å². The minimum absolute atomic E-state index is 0.0747. The quantitative estimate of drug-likeness (QED) is 0.341. The Balaban J connectivity index is 2.09. The topological polar surface area (TPSA) is 99.4 Å². The van der Waals surface area contributed by atoms with Gasteiger partial charge >= 0.3 is 5.97 Å². The second-order valence-corrected chi connectivity index (χ2v) is 6.45. The third kappa shape index (κ3) is 6.82. The smallest absolute Gasteiger partial charge is 0.335 e. The first kappa shape index (κ1) is 21.7. The maximum absolute atomic E-state index is 12.5. The van der Waals surface area contributed by atoms with Crippen LogP contribution in [0.2, 0.25) is 0 Å². The van der Waals surface area contributed by atoms with Gasteiger partial charge in [-0.1, -0.05) is 44.4 Å². The van der Waals surface area contributed by atoms with Gasteiger partial charge in [0.1, 0.15) is 17.4 Å². The fraction of sp³-hybridized carbons (Fsp3) is 0.261. The van der Waals surface area contributed by atoms with Gasteiger partial charge in [-0.2, -0.15) is 5.26 Å². The number of aromatic carboxylic acids is 1. The number of benzene rings is 2. The lowest BCUT2D eigenvalue weighted by Gasteiger charge is -2.10. The molecule has 0 unspecified atom stereocenters. The van der Waals surface area contributed by atoms with Crippen LogP contribution in [0.5, 0.6) is 5.75 Å². The van der Waals surface area contributed by atoms with E-state index in [4.69, 9.17) is 9.84 Å². The SMILES string of the molecule is CCCCCCOc1ccccc1/C=C(\C#N)C(=O)Nc1ccc(C(=O)O)cc1. The highest BCUT2D eigenvalue weighted by Crippen LogP contribution is 2.22. The number of carbonyl (C=O) groups is 2. The number of nitrogens with zero attached hydrogens (tertiary/aromatic N) is 1. The van der Waals surface area contributed by atoms with Crippen molar-refractivity contribution in [2.24, 2.45) is 0 Å².